The highest BCUT2D eigenvalue weighted by Crippen LogP contribution is 2.37. The maximum atomic E-state index is 12.1. The maximum absolute atomic E-state index is 12.1. The van der Waals surface area contributed by atoms with Crippen LogP contribution >= 0.6 is 0 Å². The molecule has 1 aliphatic rings. The van der Waals surface area contributed by atoms with Crippen molar-refractivity contribution in [3.05, 3.63) is 78.1 Å². The molecule has 0 saturated carbocycles. The lowest BCUT2D eigenvalue weighted by Crippen LogP contribution is -2.20. The summed E-state index contributed by atoms with van der Waals surface area (Å²) in [5.74, 6) is 0.443. The van der Waals surface area contributed by atoms with Crippen LogP contribution < -0.4 is 16.8 Å². The standard InChI is InChI=1S/C23H21N5O/c24-12-18-17-11-14(9-10-19(17)26-23(18)29)16-7-4-8-20-22(16)27-21(13-25)28(20)15-5-2-1-3-6-15/h1-11,18H,12-13,24-25H2,(H,26,29). The second-order valence-corrected chi connectivity index (χ2v) is 7.16. The first kappa shape index (κ1) is 17.6. The highest BCUT2D eigenvalue weighted by atomic mass is 16.2. The fourth-order valence-corrected chi connectivity index (χ4v) is 4.11. The van der Waals surface area contributed by atoms with Gasteiger partial charge in [-0.1, -0.05) is 36.4 Å². The Labute approximate surface area is 168 Å². The molecule has 5 rings (SSSR count). The van der Waals surface area contributed by atoms with Gasteiger partial charge in [0.2, 0.25) is 5.91 Å². The summed E-state index contributed by atoms with van der Waals surface area (Å²) >= 11 is 0. The van der Waals surface area contributed by atoms with Crippen LogP contribution in [-0.4, -0.2) is 22.0 Å². The van der Waals surface area contributed by atoms with Gasteiger partial charge < -0.3 is 16.8 Å². The van der Waals surface area contributed by atoms with Gasteiger partial charge in [0.25, 0.3) is 0 Å². The summed E-state index contributed by atoms with van der Waals surface area (Å²) in [6, 6.07) is 22.2. The number of fused-ring (bicyclic) bond motifs is 2. The lowest BCUT2D eigenvalue weighted by atomic mass is 9.95. The minimum Gasteiger partial charge on any atom is -0.329 e. The molecule has 0 radical (unpaired) electrons. The van der Waals surface area contributed by atoms with Gasteiger partial charge in [-0.05, 0) is 41.5 Å². The van der Waals surface area contributed by atoms with Gasteiger partial charge in [-0.25, -0.2) is 4.98 Å². The third kappa shape index (κ3) is 2.73. The van der Waals surface area contributed by atoms with Crippen LogP contribution in [0.3, 0.4) is 0 Å². The van der Waals surface area contributed by atoms with E-state index in [0.717, 1.165) is 44.9 Å². The summed E-state index contributed by atoms with van der Waals surface area (Å²) in [5.41, 5.74) is 18.6. The van der Waals surface area contributed by atoms with Crippen molar-refractivity contribution in [1.82, 2.24) is 9.55 Å². The Balaban J connectivity index is 1.71. The third-order valence-electron chi connectivity index (χ3n) is 5.50. The minimum atomic E-state index is -0.314. The topological polar surface area (TPSA) is 99.0 Å². The number of nitrogens with zero attached hydrogens (tertiary/aromatic N) is 2. The maximum Gasteiger partial charge on any atom is 0.233 e. The van der Waals surface area contributed by atoms with Gasteiger partial charge in [-0.3, -0.25) is 9.36 Å². The predicted octanol–water partition coefficient (Wildman–Crippen LogP) is 3.15. The van der Waals surface area contributed by atoms with Gasteiger partial charge in [-0.2, -0.15) is 0 Å². The Morgan fingerprint density at radius 2 is 1.83 bits per heavy atom. The van der Waals surface area contributed by atoms with E-state index in [1.807, 2.05) is 60.7 Å². The molecule has 2 heterocycles. The van der Waals surface area contributed by atoms with Crippen molar-refractivity contribution in [1.29, 1.82) is 0 Å². The lowest BCUT2D eigenvalue weighted by molar-refractivity contribution is -0.116. The SMILES string of the molecule is NCc1nc2c(-c3ccc4c(c3)C(CN)C(=O)N4)cccc2n1-c1ccccc1. The van der Waals surface area contributed by atoms with Crippen LogP contribution in [0.15, 0.2) is 66.7 Å². The number of hydrogen-bond acceptors (Lipinski definition) is 4. The fraction of sp³-hybridized carbons (Fsp3) is 0.130. The van der Waals surface area contributed by atoms with E-state index in [4.69, 9.17) is 16.5 Å². The molecular weight excluding hydrogens is 362 g/mol. The number of nitrogens with two attached hydrogens (primary N) is 2. The summed E-state index contributed by atoms with van der Waals surface area (Å²) in [7, 11) is 0. The third-order valence-corrected chi connectivity index (χ3v) is 5.50. The van der Waals surface area contributed by atoms with Crippen LogP contribution in [0.4, 0.5) is 5.69 Å². The number of nitrogens with one attached hydrogen (secondary N) is 1. The Hall–Kier alpha value is -3.48. The van der Waals surface area contributed by atoms with E-state index in [1.54, 1.807) is 0 Å². The zero-order valence-electron chi connectivity index (χ0n) is 15.8. The quantitative estimate of drug-likeness (QED) is 0.504. The summed E-state index contributed by atoms with van der Waals surface area (Å²) in [6.07, 6.45) is 0. The molecule has 1 aliphatic heterocycles. The Morgan fingerprint density at radius 1 is 1.00 bits per heavy atom. The fourth-order valence-electron chi connectivity index (χ4n) is 4.11. The molecular formula is C23H21N5O. The number of carbonyl (C=O) groups is 1. The van der Waals surface area contributed by atoms with Crippen molar-refractivity contribution in [3.63, 3.8) is 0 Å². The number of imidazole rings is 1. The van der Waals surface area contributed by atoms with Crippen LogP contribution in [0.5, 0.6) is 0 Å². The number of para-hydroxylation sites is 2. The minimum absolute atomic E-state index is 0.0448. The second-order valence-electron chi connectivity index (χ2n) is 7.16. The van der Waals surface area contributed by atoms with E-state index in [2.05, 4.69) is 16.0 Å². The smallest absolute Gasteiger partial charge is 0.233 e. The average molecular weight is 383 g/mol. The van der Waals surface area contributed by atoms with Crippen LogP contribution in [-0.2, 0) is 11.3 Å². The first-order valence-corrected chi connectivity index (χ1v) is 9.62. The number of benzene rings is 3. The zero-order valence-corrected chi connectivity index (χ0v) is 15.8. The second kappa shape index (κ2) is 6.84. The predicted molar refractivity (Wildman–Crippen MR) is 115 cm³/mol. The molecule has 4 aromatic rings. The molecule has 6 nitrogen and oxygen atoms in total. The Bertz CT molecular complexity index is 1230. The molecule has 3 aromatic carbocycles. The number of anilines is 1. The van der Waals surface area contributed by atoms with Crippen LogP contribution in [0, 0.1) is 0 Å². The molecule has 1 unspecified atom stereocenters. The number of amides is 1. The van der Waals surface area contributed by atoms with Gasteiger partial charge in [-0.15, -0.1) is 0 Å². The van der Waals surface area contributed by atoms with Crippen molar-refractivity contribution in [2.45, 2.75) is 12.5 Å². The first-order chi connectivity index (χ1) is 14.2. The lowest BCUT2D eigenvalue weighted by Gasteiger charge is -2.10. The van der Waals surface area contributed by atoms with E-state index in [0.29, 0.717) is 6.54 Å². The molecule has 0 bridgehead atoms. The normalized spacial score (nSPS) is 15.5. The molecule has 6 heteroatoms. The van der Waals surface area contributed by atoms with Gasteiger partial charge in [0.15, 0.2) is 0 Å². The molecule has 1 aromatic heterocycles. The van der Waals surface area contributed by atoms with E-state index in [-0.39, 0.29) is 18.4 Å². The number of carbonyl (C=O) groups excluding carboxylic acids is 1. The van der Waals surface area contributed by atoms with Crippen LogP contribution in [0.2, 0.25) is 0 Å². The van der Waals surface area contributed by atoms with Gasteiger partial charge in [0.05, 0.1) is 23.5 Å². The summed E-state index contributed by atoms with van der Waals surface area (Å²) in [5, 5.41) is 2.90. The van der Waals surface area contributed by atoms with Crippen molar-refractivity contribution < 1.29 is 4.79 Å². The molecule has 5 N–H and O–H groups in total. The monoisotopic (exact) mass is 383 g/mol. The zero-order chi connectivity index (χ0) is 20.0. The van der Waals surface area contributed by atoms with Crippen molar-refractivity contribution >= 4 is 22.6 Å². The van der Waals surface area contributed by atoms with Gasteiger partial charge in [0, 0.05) is 23.5 Å². The van der Waals surface area contributed by atoms with Crippen molar-refractivity contribution in [3.8, 4) is 16.8 Å². The summed E-state index contributed by atoms with van der Waals surface area (Å²) in [4.78, 5) is 17.0. The summed E-state index contributed by atoms with van der Waals surface area (Å²) < 4.78 is 2.10. The van der Waals surface area contributed by atoms with E-state index < -0.39 is 0 Å². The van der Waals surface area contributed by atoms with Crippen LogP contribution in [0.1, 0.15) is 17.3 Å². The van der Waals surface area contributed by atoms with Crippen molar-refractivity contribution in [2.75, 3.05) is 11.9 Å². The Morgan fingerprint density at radius 3 is 2.59 bits per heavy atom. The molecule has 0 saturated heterocycles. The number of rotatable bonds is 4. The van der Waals surface area contributed by atoms with E-state index in [1.165, 1.54) is 0 Å². The molecule has 0 fully saturated rings. The average Bonchev–Trinajstić information content (AvgIpc) is 3.29. The summed E-state index contributed by atoms with van der Waals surface area (Å²) in [6.45, 7) is 0.618. The molecule has 29 heavy (non-hydrogen) atoms. The van der Waals surface area contributed by atoms with E-state index in [9.17, 15) is 4.79 Å². The number of hydrogen-bond donors (Lipinski definition) is 3. The highest BCUT2D eigenvalue weighted by molar-refractivity contribution is 6.04. The first-order valence-electron chi connectivity index (χ1n) is 9.62. The number of aromatic nitrogens is 2. The van der Waals surface area contributed by atoms with E-state index >= 15 is 0 Å². The van der Waals surface area contributed by atoms with Crippen LogP contribution in [0.25, 0.3) is 27.8 Å². The molecule has 1 atom stereocenters. The Kier molecular flexibility index (Phi) is 4.16. The molecule has 0 aliphatic carbocycles. The molecule has 0 spiro atoms. The van der Waals surface area contributed by atoms with Gasteiger partial charge in [0.1, 0.15) is 5.82 Å². The van der Waals surface area contributed by atoms with Gasteiger partial charge >= 0.3 is 0 Å². The van der Waals surface area contributed by atoms with Crippen molar-refractivity contribution in [2.24, 2.45) is 11.5 Å². The molecule has 144 valence electrons. The molecule has 1 amide bonds. The largest absolute Gasteiger partial charge is 0.329 e. The highest BCUT2D eigenvalue weighted by Gasteiger charge is 2.29.